The van der Waals surface area contributed by atoms with Crippen molar-refractivity contribution in [2.75, 3.05) is 14.1 Å². The Morgan fingerprint density at radius 1 is 0.585 bits per heavy atom. The van der Waals surface area contributed by atoms with Gasteiger partial charge in [0.1, 0.15) is 24.4 Å². The molecule has 0 unspecified atom stereocenters. The predicted octanol–water partition coefficient (Wildman–Crippen LogP) is 3.25. The lowest BCUT2D eigenvalue weighted by molar-refractivity contribution is -0.152. The van der Waals surface area contributed by atoms with Crippen molar-refractivity contribution >= 4 is 23.9 Å². The number of likely N-dealkylation sites (N-methyl/N-ethyl adjacent to an activating group) is 2. The first-order valence-electron chi connectivity index (χ1n) is 14.6. The van der Waals surface area contributed by atoms with Crippen molar-refractivity contribution in [3.8, 4) is 0 Å². The average molecular weight is 573 g/mol. The van der Waals surface area contributed by atoms with Crippen molar-refractivity contribution in [1.29, 1.82) is 0 Å². The van der Waals surface area contributed by atoms with Gasteiger partial charge in [0, 0.05) is 73.4 Å². The molecule has 10 nitrogen and oxygen atoms in total. The molecule has 0 N–H and O–H groups in total. The van der Waals surface area contributed by atoms with Gasteiger partial charge in [-0.2, -0.15) is 0 Å². The second-order valence-electron chi connectivity index (χ2n) is 11.9. The monoisotopic (exact) mass is 572 g/mol. The van der Waals surface area contributed by atoms with E-state index in [2.05, 4.69) is 9.80 Å². The molecule has 0 aliphatic carbocycles. The zero-order valence-electron chi connectivity index (χ0n) is 25.3. The van der Waals surface area contributed by atoms with Crippen molar-refractivity contribution in [2.24, 2.45) is 0 Å². The summed E-state index contributed by atoms with van der Waals surface area (Å²) in [6.45, 7) is 8.62. The van der Waals surface area contributed by atoms with Crippen LogP contribution >= 0.6 is 0 Å². The highest BCUT2D eigenvalue weighted by Crippen LogP contribution is 2.39. The molecule has 8 atom stereocenters. The van der Waals surface area contributed by atoms with Crippen LogP contribution in [0.2, 0.25) is 0 Å². The van der Waals surface area contributed by atoms with E-state index >= 15 is 0 Å². The van der Waals surface area contributed by atoms with Crippen molar-refractivity contribution in [1.82, 2.24) is 9.80 Å². The lowest BCUT2D eigenvalue weighted by Crippen LogP contribution is -2.46. The van der Waals surface area contributed by atoms with E-state index in [0.29, 0.717) is 49.7 Å². The summed E-state index contributed by atoms with van der Waals surface area (Å²) in [6, 6.07) is 0.240. The minimum Gasteiger partial charge on any atom is -0.459 e. The summed E-state index contributed by atoms with van der Waals surface area (Å²) in [4.78, 5) is 54.6. The van der Waals surface area contributed by atoms with Crippen LogP contribution in [0.5, 0.6) is 0 Å². The van der Waals surface area contributed by atoms with Gasteiger partial charge in [0.05, 0.1) is 12.1 Å². The Labute approximate surface area is 242 Å². The smallest absolute Gasteiger partial charge is 0.334 e. The minimum atomic E-state index is -0.582. The molecule has 0 radical (unpaired) electrons. The molecule has 10 heteroatoms. The van der Waals surface area contributed by atoms with Crippen molar-refractivity contribution in [2.45, 2.75) is 122 Å². The van der Waals surface area contributed by atoms with E-state index in [1.807, 2.05) is 14.1 Å². The zero-order chi connectivity index (χ0) is 30.0. The number of rotatable bonds is 8. The first-order chi connectivity index (χ1) is 19.4. The van der Waals surface area contributed by atoms with E-state index < -0.39 is 11.9 Å². The van der Waals surface area contributed by atoms with Crippen LogP contribution in [0.3, 0.4) is 0 Å². The Kier molecular flexibility index (Phi) is 9.74. The molecule has 226 valence electrons. The lowest BCUT2D eigenvalue weighted by Gasteiger charge is -2.36. The molecule has 0 aromatic carbocycles. The molecule has 4 aliphatic heterocycles. The van der Waals surface area contributed by atoms with Gasteiger partial charge in [0.2, 0.25) is 0 Å². The number of hydrogen-bond donors (Lipinski definition) is 0. The maximum atomic E-state index is 12.9. The predicted molar refractivity (Wildman–Crippen MR) is 151 cm³/mol. The zero-order valence-corrected chi connectivity index (χ0v) is 25.3. The molecule has 4 fully saturated rings. The van der Waals surface area contributed by atoms with Crippen molar-refractivity contribution < 1.29 is 38.1 Å². The second kappa shape index (κ2) is 12.9. The van der Waals surface area contributed by atoms with Gasteiger partial charge in [-0.05, 0) is 48.7 Å². The number of allylic oxidation sites excluding steroid dienone is 2. The fraction of sp³-hybridized carbons (Fsp3) is 0.677. The van der Waals surface area contributed by atoms with Crippen LogP contribution < -0.4 is 0 Å². The van der Waals surface area contributed by atoms with Crippen LogP contribution in [0.15, 0.2) is 34.9 Å². The average Bonchev–Trinajstić information content (AvgIpc) is 3.19. The number of esters is 4. The third-order valence-corrected chi connectivity index (χ3v) is 9.38. The van der Waals surface area contributed by atoms with Gasteiger partial charge in [-0.3, -0.25) is 9.80 Å². The number of ether oxygens (including phenoxy) is 4. The van der Waals surface area contributed by atoms with E-state index in [0.717, 1.165) is 0 Å². The van der Waals surface area contributed by atoms with E-state index in [1.165, 1.54) is 6.08 Å². The Morgan fingerprint density at radius 3 is 1.44 bits per heavy atom. The first-order valence-corrected chi connectivity index (χ1v) is 14.6. The second-order valence-corrected chi connectivity index (χ2v) is 11.9. The summed E-state index contributed by atoms with van der Waals surface area (Å²) in [5.74, 6) is -1.77. The third kappa shape index (κ3) is 6.92. The largest absolute Gasteiger partial charge is 0.459 e. The normalized spacial score (nSPS) is 34.3. The van der Waals surface area contributed by atoms with Crippen LogP contribution in [0.4, 0.5) is 0 Å². The first kappa shape index (κ1) is 31.0. The van der Waals surface area contributed by atoms with Crippen LogP contribution in [-0.4, -0.2) is 96.4 Å². The molecule has 4 saturated heterocycles. The van der Waals surface area contributed by atoms with Crippen LogP contribution in [0.1, 0.15) is 73.1 Å². The molecule has 4 rings (SSSR count). The highest BCUT2D eigenvalue weighted by molar-refractivity contribution is 5.96. The van der Waals surface area contributed by atoms with Crippen molar-refractivity contribution in [3.05, 3.63) is 34.9 Å². The Morgan fingerprint density at radius 2 is 1.00 bits per heavy atom. The molecular formula is C31H44N2O8. The standard InChI is InChI=1S/C31H44N2O8/c1-8-17(3)29(35)40-26-13-20-11-22(15-24(26)32(20)6)38-28(34)10-19(5)31(37)39-23-12-21-14-27(25(16-23)33(21)7)41-30(36)18(4)9-2/h8-10,20-27H,11-16H2,1-7H3/b17-8-,18-9-,19-10+/t20-,21-,22-,23-,24+,25+,26-,27-/m1/s1. The molecule has 4 heterocycles. The van der Waals surface area contributed by atoms with E-state index in [9.17, 15) is 19.2 Å². The lowest BCUT2D eigenvalue weighted by atomic mass is 10.00. The summed E-state index contributed by atoms with van der Waals surface area (Å²) >= 11 is 0. The molecule has 0 aromatic rings. The fourth-order valence-electron chi connectivity index (χ4n) is 6.57. The Bertz CT molecular complexity index is 1140. The fourth-order valence-corrected chi connectivity index (χ4v) is 6.57. The number of carbonyl (C=O) groups excluding carboxylic acids is 4. The molecule has 4 bridgehead atoms. The number of hydrogen-bond acceptors (Lipinski definition) is 10. The summed E-state index contributed by atoms with van der Waals surface area (Å²) in [5, 5.41) is 0. The number of fused-ring (bicyclic) bond motifs is 4. The van der Waals surface area contributed by atoms with Crippen LogP contribution in [-0.2, 0) is 38.1 Å². The van der Waals surface area contributed by atoms with Gasteiger partial charge < -0.3 is 18.9 Å². The van der Waals surface area contributed by atoms with E-state index in [4.69, 9.17) is 18.9 Å². The van der Waals surface area contributed by atoms with Gasteiger partial charge >= 0.3 is 23.9 Å². The maximum absolute atomic E-state index is 12.9. The van der Waals surface area contributed by atoms with Gasteiger partial charge in [-0.15, -0.1) is 0 Å². The Balaban J connectivity index is 1.28. The van der Waals surface area contributed by atoms with E-state index in [-0.39, 0.29) is 66.1 Å². The molecular weight excluding hydrogens is 528 g/mol. The third-order valence-electron chi connectivity index (χ3n) is 9.38. The molecule has 0 spiro atoms. The molecule has 41 heavy (non-hydrogen) atoms. The highest BCUT2D eigenvalue weighted by Gasteiger charge is 2.49. The molecule has 0 saturated carbocycles. The van der Waals surface area contributed by atoms with Gasteiger partial charge in [0.15, 0.2) is 0 Å². The van der Waals surface area contributed by atoms with Crippen LogP contribution in [0, 0.1) is 0 Å². The van der Waals surface area contributed by atoms with Crippen molar-refractivity contribution in [3.63, 3.8) is 0 Å². The number of carbonyl (C=O) groups is 4. The quantitative estimate of drug-likeness (QED) is 0.244. The van der Waals surface area contributed by atoms with E-state index in [1.54, 1.807) is 46.8 Å². The summed E-state index contributed by atoms with van der Waals surface area (Å²) in [7, 11) is 4.02. The Hall–Kier alpha value is -2.98. The molecule has 0 aromatic heterocycles. The van der Waals surface area contributed by atoms with Gasteiger partial charge in [0.25, 0.3) is 0 Å². The highest BCUT2D eigenvalue weighted by atomic mass is 16.6. The summed E-state index contributed by atoms with van der Waals surface area (Å²) < 4.78 is 23.0. The van der Waals surface area contributed by atoms with Gasteiger partial charge in [-0.25, -0.2) is 19.2 Å². The summed E-state index contributed by atoms with van der Waals surface area (Å²) in [6.07, 6.45) is 7.32. The minimum absolute atomic E-state index is 0.0278. The number of nitrogens with zero attached hydrogens (tertiary/aromatic N) is 2. The maximum Gasteiger partial charge on any atom is 0.334 e. The molecule has 0 amide bonds. The SMILES string of the molecule is C/C=C(/C)C(=O)O[C@@H]1C[C@H]2C[C@@H](OC(=O)/C=C(\C)C(=O)O[C@@H]3C[C@@H]4C[C@@H](OC(=O)/C(C)=C\C)[C@H](C3)N4C)C[C@@H]1N2C. The van der Waals surface area contributed by atoms with Gasteiger partial charge in [-0.1, -0.05) is 12.2 Å². The summed E-state index contributed by atoms with van der Waals surface area (Å²) in [5.41, 5.74) is 1.32. The van der Waals surface area contributed by atoms with Crippen LogP contribution in [0.25, 0.3) is 0 Å². The number of piperidine rings is 2. The molecule has 4 aliphatic rings. The topological polar surface area (TPSA) is 112 Å².